The van der Waals surface area contributed by atoms with Gasteiger partial charge in [-0.05, 0) is 45.2 Å². The number of H-pyrrole nitrogens is 1. The summed E-state index contributed by atoms with van der Waals surface area (Å²) in [6.07, 6.45) is 10.2. The fourth-order valence-corrected chi connectivity index (χ4v) is 4.36. The van der Waals surface area contributed by atoms with Gasteiger partial charge in [0.15, 0.2) is 0 Å². The van der Waals surface area contributed by atoms with Crippen LogP contribution in [0.25, 0.3) is 0 Å². The van der Waals surface area contributed by atoms with Crippen LogP contribution < -0.4 is 10.5 Å². The quantitative estimate of drug-likeness (QED) is 0.745. The minimum atomic E-state index is -0.0336. The summed E-state index contributed by atoms with van der Waals surface area (Å²) in [5.41, 5.74) is 2.05. The molecule has 1 N–H and O–H groups in total. The van der Waals surface area contributed by atoms with Crippen LogP contribution in [0.15, 0.2) is 23.3 Å². The third-order valence-electron chi connectivity index (χ3n) is 6.11. The molecule has 8 nitrogen and oxygen atoms in total. The molecule has 0 atom stereocenters. The SMILES string of the molecule is COCCc1ncc(CN2CCC(c3cc(=O)[nH]c(N4CCCCC4)n3)CC2)cn1. The fourth-order valence-electron chi connectivity index (χ4n) is 4.36. The number of hydrogen-bond acceptors (Lipinski definition) is 7. The van der Waals surface area contributed by atoms with Gasteiger partial charge in [-0.25, -0.2) is 15.0 Å². The average molecular weight is 413 g/mol. The summed E-state index contributed by atoms with van der Waals surface area (Å²) in [6.45, 7) is 5.45. The van der Waals surface area contributed by atoms with Crippen LogP contribution in [0.5, 0.6) is 0 Å². The number of anilines is 1. The van der Waals surface area contributed by atoms with E-state index in [1.54, 1.807) is 13.2 Å². The highest BCUT2D eigenvalue weighted by Gasteiger charge is 2.23. The van der Waals surface area contributed by atoms with E-state index < -0.39 is 0 Å². The van der Waals surface area contributed by atoms with Crippen molar-refractivity contribution in [3.8, 4) is 0 Å². The maximum Gasteiger partial charge on any atom is 0.252 e. The van der Waals surface area contributed by atoms with Crippen LogP contribution in [-0.2, 0) is 17.7 Å². The Kier molecular flexibility index (Phi) is 7.07. The Morgan fingerprint density at radius 1 is 1.10 bits per heavy atom. The van der Waals surface area contributed by atoms with Crippen LogP contribution >= 0.6 is 0 Å². The van der Waals surface area contributed by atoms with Gasteiger partial charge in [-0.15, -0.1) is 0 Å². The van der Waals surface area contributed by atoms with Gasteiger partial charge in [0.25, 0.3) is 5.56 Å². The van der Waals surface area contributed by atoms with Crippen molar-refractivity contribution in [2.75, 3.05) is 44.8 Å². The first kappa shape index (κ1) is 20.9. The maximum absolute atomic E-state index is 12.2. The van der Waals surface area contributed by atoms with Crippen LogP contribution in [-0.4, -0.2) is 64.7 Å². The predicted octanol–water partition coefficient (Wildman–Crippen LogP) is 2.12. The number of nitrogens with one attached hydrogen (secondary N) is 1. The van der Waals surface area contributed by atoms with Crippen molar-refractivity contribution < 1.29 is 4.74 Å². The molecule has 0 saturated carbocycles. The summed E-state index contributed by atoms with van der Waals surface area (Å²) in [5, 5.41) is 0. The highest BCUT2D eigenvalue weighted by molar-refractivity contribution is 5.31. The number of ether oxygens (including phenoxy) is 1. The van der Waals surface area contributed by atoms with Gasteiger partial charge in [0, 0.05) is 63.1 Å². The standard InChI is InChI=1S/C22H32N6O2/c1-30-12-7-20-23-14-17(15-24-20)16-27-10-5-18(6-11-27)19-13-21(29)26-22(25-19)28-8-3-2-4-9-28/h13-15,18H,2-12,16H2,1H3,(H,25,26,29). The number of aromatic amines is 1. The number of rotatable bonds is 7. The molecule has 162 valence electrons. The summed E-state index contributed by atoms with van der Waals surface area (Å²) in [7, 11) is 1.69. The molecular weight excluding hydrogens is 380 g/mol. The maximum atomic E-state index is 12.2. The third-order valence-corrected chi connectivity index (χ3v) is 6.11. The molecule has 0 spiro atoms. The molecule has 2 fully saturated rings. The lowest BCUT2D eigenvalue weighted by Gasteiger charge is -2.32. The Labute approximate surface area is 177 Å². The Hall–Kier alpha value is -2.32. The molecule has 4 heterocycles. The second kappa shape index (κ2) is 10.1. The highest BCUT2D eigenvalue weighted by Crippen LogP contribution is 2.28. The zero-order valence-corrected chi connectivity index (χ0v) is 17.8. The predicted molar refractivity (Wildman–Crippen MR) is 116 cm³/mol. The molecule has 0 aliphatic carbocycles. The van der Waals surface area contributed by atoms with Gasteiger partial charge in [0.2, 0.25) is 5.95 Å². The van der Waals surface area contributed by atoms with Crippen molar-refractivity contribution in [1.82, 2.24) is 24.8 Å². The minimum absolute atomic E-state index is 0.0336. The summed E-state index contributed by atoms with van der Waals surface area (Å²) in [6, 6.07) is 1.69. The van der Waals surface area contributed by atoms with Gasteiger partial charge in [-0.2, -0.15) is 0 Å². The normalized spacial score (nSPS) is 18.6. The number of hydrogen-bond donors (Lipinski definition) is 1. The first-order valence-electron chi connectivity index (χ1n) is 11.1. The molecule has 4 rings (SSSR count). The van der Waals surface area contributed by atoms with Gasteiger partial charge in [0.1, 0.15) is 5.82 Å². The van der Waals surface area contributed by atoms with Gasteiger partial charge < -0.3 is 9.64 Å². The van der Waals surface area contributed by atoms with E-state index in [9.17, 15) is 4.79 Å². The second-order valence-electron chi connectivity index (χ2n) is 8.34. The highest BCUT2D eigenvalue weighted by atomic mass is 16.5. The summed E-state index contributed by atoms with van der Waals surface area (Å²) in [4.78, 5) is 33.6. The molecule has 0 radical (unpaired) electrons. The van der Waals surface area contributed by atoms with Crippen LogP contribution in [0.4, 0.5) is 5.95 Å². The monoisotopic (exact) mass is 412 g/mol. The van der Waals surface area contributed by atoms with E-state index in [1.807, 2.05) is 12.4 Å². The van der Waals surface area contributed by atoms with Crippen molar-refractivity contribution in [2.45, 2.75) is 51.0 Å². The largest absolute Gasteiger partial charge is 0.384 e. The van der Waals surface area contributed by atoms with Gasteiger partial charge >= 0.3 is 0 Å². The van der Waals surface area contributed by atoms with Gasteiger partial charge in [-0.3, -0.25) is 14.7 Å². The first-order valence-corrected chi connectivity index (χ1v) is 11.1. The number of likely N-dealkylation sites (tertiary alicyclic amines) is 1. The van der Waals surface area contributed by atoms with E-state index in [2.05, 4.69) is 24.8 Å². The smallest absolute Gasteiger partial charge is 0.252 e. The molecule has 2 aliphatic rings. The Balaban J connectivity index is 1.33. The summed E-state index contributed by atoms with van der Waals surface area (Å²) < 4.78 is 5.08. The molecule has 0 aromatic carbocycles. The van der Waals surface area contributed by atoms with Crippen LogP contribution in [0.3, 0.4) is 0 Å². The lowest BCUT2D eigenvalue weighted by molar-refractivity contribution is 0.199. The zero-order chi connectivity index (χ0) is 20.8. The number of nitrogens with zero attached hydrogens (tertiary/aromatic N) is 5. The number of methoxy groups -OCH3 is 1. The van der Waals surface area contributed by atoms with E-state index in [-0.39, 0.29) is 5.56 Å². The van der Waals surface area contributed by atoms with Crippen LogP contribution in [0, 0.1) is 0 Å². The van der Waals surface area contributed by atoms with E-state index >= 15 is 0 Å². The molecule has 0 bridgehead atoms. The molecule has 2 aromatic heterocycles. The summed E-state index contributed by atoms with van der Waals surface area (Å²) in [5.74, 6) is 1.93. The average Bonchev–Trinajstić information content (AvgIpc) is 2.79. The molecular formula is C22H32N6O2. The van der Waals surface area contributed by atoms with E-state index in [0.717, 1.165) is 75.0 Å². The lowest BCUT2D eigenvalue weighted by Crippen LogP contribution is -2.35. The molecule has 2 aromatic rings. The first-order chi connectivity index (χ1) is 14.7. The summed E-state index contributed by atoms with van der Waals surface area (Å²) >= 11 is 0. The van der Waals surface area contributed by atoms with E-state index in [0.29, 0.717) is 12.5 Å². The fraction of sp³-hybridized carbons (Fsp3) is 0.636. The number of aromatic nitrogens is 4. The van der Waals surface area contributed by atoms with Gasteiger partial charge in [0.05, 0.1) is 12.3 Å². The molecule has 2 saturated heterocycles. The Morgan fingerprint density at radius 3 is 2.53 bits per heavy atom. The van der Waals surface area contributed by atoms with Crippen molar-refractivity contribution in [2.24, 2.45) is 0 Å². The lowest BCUT2D eigenvalue weighted by atomic mass is 9.93. The molecule has 0 unspecified atom stereocenters. The van der Waals surface area contributed by atoms with Crippen molar-refractivity contribution in [1.29, 1.82) is 0 Å². The minimum Gasteiger partial charge on any atom is -0.384 e. The molecule has 2 aliphatic heterocycles. The van der Waals surface area contributed by atoms with E-state index in [1.165, 1.54) is 19.3 Å². The Morgan fingerprint density at radius 2 is 1.83 bits per heavy atom. The second-order valence-corrected chi connectivity index (χ2v) is 8.34. The molecule has 8 heteroatoms. The topological polar surface area (TPSA) is 87.2 Å². The molecule has 0 amide bonds. The molecule has 30 heavy (non-hydrogen) atoms. The van der Waals surface area contributed by atoms with Crippen molar-refractivity contribution >= 4 is 5.95 Å². The van der Waals surface area contributed by atoms with Crippen molar-refractivity contribution in [3.63, 3.8) is 0 Å². The Bertz CT molecular complexity index is 855. The number of piperidine rings is 2. The van der Waals surface area contributed by atoms with E-state index in [4.69, 9.17) is 9.72 Å². The third kappa shape index (κ3) is 5.43. The van der Waals surface area contributed by atoms with Gasteiger partial charge in [-0.1, -0.05) is 0 Å². The van der Waals surface area contributed by atoms with Crippen LogP contribution in [0.1, 0.15) is 55.1 Å². The zero-order valence-electron chi connectivity index (χ0n) is 17.8. The van der Waals surface area contributed by atoms with Crippen molar-refractivity contribution in [3.05, 3.63) is 45.9 Å². The van der Waals surface area contributed by atoms with Crippen LogP contribution in [0.2, 0.25) is 0 Å².